The fourth-order valence-corrected chi connectivity index (χ4v) is 3.92. The molecule has 1 saturated heterocycles. The highest BCUT2D eigenvalue weighted by Crippen LogP contribution is 2.48. The molecule has 3 unspecified atom stereocenters. The van der Waals surface area contributed by atoms with Crippen molar-refractivity contribution in [2.75, 3.05) is 13.1 Å². The largest absolute Gasteiger partial charge is 0.481 e. The van der Waals surface area contributed by atoms with Gasteiger partial charge in [0.2, 0.25) is 0 Å². The van der Waals surface area contributed by atoms with Gasteiger partial charge in [-0.15, -0.1) is 0 Å². The van der Waals surface area contributed by atoms with Gasteiger partial charge in [0.1, 0.15) is 0 Å². The van der Waals surface area contributed by atoms with Gasteiger partial charge in [0.15, 0.2) is 0 Å². The fraction of sp³-hybridized carbons (Fsp3) is 0.917. The van der Waals surface area contributed by atoms with Crippen molar-refractivity contribution in [1.29, 1.82) is 0 Å². The van der Waals surface area contributed by atoms with Crippen LogP contribution < -0.4 is 0 Å². The van der Waals surface area contributed by atoms with Crippen LogP contribution in [0.1, 0.15) is 32.1 Å². The fourth-order valence-electron chi connectivity index (χ4n) is 3.92. The quantitative estimate of drug-likeness (QED) is 0.767. The molecule has 0 spiro atoms. The molecule has 1 aliphatic heterocycles. The zero-order valence-corrected chi connectivity index (χ0v) is 9.06. The van der Waals surface area contributed by atoms with Crippen LogP contribution in [-0.4, -0.2) is 35.1 Å². The van der Waals surface area contributed by atoms with Crippen LogP contribution in [0.4, 0.5) is 0 Å². The molecule has 3 aliphatic rings. The van der Waals surface area contributed by atoms with Crippen molar-refractivity contribution in [2.45, 2.75) is 38.1 Å². The summed E-state index contributed by atoms with van der Waals surface area (Å²) in [5, 5.41) is 8.69. The van der Waals surface area contributed by atoms with Crippen LogP contribution in [0.25, 0.3) is 0 Å². The van der Waals surface area contributed by atoms with Crippen molar-refractivity contribution in [3.8, 4) is 0 Å². The summed E-state index contributed by atoms with van der Waals surface area (Å²) in [5.74, 6) is 1.74. The lowest BCUT2D eigenvalue weighted by Crippen LogP contribution is -2.54. The number of likely N-dealkylation sites (tertiary alicyclic amines) is 1. The number of rotatable bonds is 3. The van der Waals surface area contributed by atoms with Crippen molar-refractivity contribution in [3.05, 3.63) is 0 Å². The van der Waals surface area contributed by atoms with Gasteiger partial charge in [0.05, 0.1) is 6.42 Å². The molecule has 2 bridgehead atoms. The van der Waals surface area contributed by atoms with E-state index in [1.54, 1.807) is 0 Å². The summed E-state index contributed by atoms with van der Waals surface area (Å²) in [6.45, 7) is 2.08. The van der Waals surface area contributed by atoms with E-state index in [1.807, 2.05) is 0 Å². The zero-order valence-electron chi connectivity index (χ0n) is 9.06. The second-order valence-corrected chi connectivity index (χ2v) is 5.66. The molecule has 3 nitrogen and oxygen atoms in total. The topological polar surface area (TPSA) is 40.5 Å². The van der Waals surface area contributed by atoms with Crippen molar-refractivity contribution in [2.24, 2.45) is 17.8 Å². The molecule has 0 aromatic heterocycles. The summed E-state index contributed by atoms with van der Waals surface area (Å²) in [6, 6.07) is 0.814. The minimum Gasteiger partial charge on any atom is -0.481 e. The molecule has 1 N–H and O–H groups in total. The highest BCUT2D eigenvalue weighted by atomic mass is 16.4. The third-order valence-electron chi connectivity index (χ3n) is 4.62. The number of carboxylic acids is 1. The molecule has 1 heterocycles. The van der Waals surface area contributed by atoms with E-state index in [-0.39, 0.29) is 0 Å². The Morgan fingerprint density at radius 3 is 2.60 bits per heavy atom. The molecular formula is C12H19NO2. The van der Waals surface area contributed by atoms with E-state index in [2.05, 4.69) is 4.90 Å². The van der Waals surface area contributed by atoms with Crippen LogP contribution >= 0.6 is 0 Å². The molecule has 3 atom stereocenters. The predicted molar refractivity (Wildman–Crippen MR) is 56.6 cm³/mol. The molecule has 0 radical (unpaired) electrons. The van der Waals surface area contributed by atoms with Crippen molar-refractivity contribution in [3.63, 3.8) is 0 Å². The predicted octanol–water partition coefficient (Wildman–Crippen LogP) is 1.58. The first-order valence-electron chi connectivity index (χ1n) is 6.18. The van der Waals surface area contributed by atoms with E-state index in [1.165, 1.54) is 25.7 Å². The molecule has 2 aliphatic carbocycles. The first kappa shape index (κ1) is 9.64. The van der Waals surface area contributed by atoms with Gasteiger partial charge in [-0.25, -0.2) is 0 Å². The van der Waals surface area contributed by atoms with E-state index < -0.39 is 5.97 Å². The van der Waals surface area contributed by atoms with E-state index >= 15 is 0 Å². The monoisotopic (exact) mass is 209 g/mol. The minimum absolute atomic E-state index is 0.372. The van der Waals surface area contributed by atoms with Crippen LogP contribution in [0.15, 0.2) is 0 Å². The third-order valence-corrected chi connectivity index (χ3v) is 4.62. The van der Waals surface area contributed by atoms with Gasteiger partial charge in [-0.05, 0) is 37.0 Å². The van der Waals surface area contributed by atoms with Crippen molar-refractivity contribution < 1.29 is 9.90 Å². The highest BCUT2D eigenvalue weighted by Gasteiger charge is 2.45. The molecule has 0 aromatic carbocycles. The zero-order chi connectivity index (χ0) is 10.4. The summed E-state index contributed by atoms with van der Waals surface area (Å²) >= 11 is 0. The summed E-state index contributed by atoms with van der Waals surface area (Å²) in [5.41, 5.74) is 0. The van der Waals surface area contributed by atoms with E-state index in [0.29, 0.717) is 12.3 Å². The van der Waals surface area contributed by atoms with Crippen LogP contribution in [0.3, 0.4) is 0 Å². The van der Waals surface area contributed by atoms with Crippen molar-refractivity contribution in [1.82, 2.24) is 4.90 Å². The number of carbonyl (C=O) groups is 1. The third kappa shape index (κ3) is 1.67. The van der Waals surface area contributed by atoms with E-state index in [0.717, 1.165) is 31.0 Å². The molecule has 15 heavy (non-hydrogen) atoms. The SMILES string of the molecule is O=C(O)CC1CN(C2CC3CCC2C3)C1. The Bertz CT molecular complexity index is 273. The Morgan fingerprint density at radius 1 is 1.27 bits per heavy atom. The maximum absolute atomic E-state index is 10.5. The van der Waals surface area contributed by atoms with Crippen LogP contribution in [0, 0.1) is 17.8 Å². The molecule has 0 amide bonds. The molecular weight excluding hydrogens is 190 g/mol. The summed E-state index contributed by atoms with van der Waals surface area (Å²) in [4.78, 5) is 13.1. The average Bonchev–Trinajstić information content (AvgIpc) is 2.70. The number of carboxylic acid groups (broad SMARTS) is 1. The van der Waals surface area contributed by atoms with Gasteiger partial charge in [-0.2, -0.15) is 0 Å². The number of nitrogens with zero attached hydrogens (tertiary/aromatic N) is 1. The lowest BCUT2D eigenvalue weighted by Gasteiger charge is -2.45. The molecule has 3 rings (SSSR count). The van der Waals surface area contributed by atoms with E-state index in [4.69, 9.17) is 5.11 Å². The van der Waals surface area contributed by atoms with Gasteiger partial charge in [0, 0.05) is 19.1 Å². The highest BCUT2D eigenvalue weighted by molar-refractivity contribution is 5.67. The summed E-state index contributed by atoms with van der Waals surface area (Å²) in [7, 11) is 0. The molecule has 3 heteroatoms. The molecule has 2 saturated carbocycles. The van der Waals surface area contributed by atoms with Gasteiger partial charge in [-0.1, -0.05) is 6.42 Å². The Kier molecular flexibility index (Phi) is 2.23. The van der Waals surface area contributed by atoms with Crippen molar-refractivity contribution >= 4 is 5.97 Å². The summed E-state index contributed by atoms with van der Waals surface area (Å²) in [6.07, 6.45) is 6.09. The number of hydrogen-bond acceptors (Lipinski definition) is 2. The Labute approximate surface area is 90.5 Å². The molecule has 0 aromatic rings. The maximum Gasteiger partial charge on any atom is 0.303 e. The van der Waals surface area contributed by atoms with Gasteiger partial charge >= 0.3 is 5.97 Å². The van der Waals surface area contributed by atoms with Gasteiger partial charge in [-0.3, -0.25) is 9.69 Å². The normalized spacial score (nSPS) is 40.7. The standard InChI is InChI=1S/C12H19NO2/c14-12(15)5-9-6-13(7-9)11-4-8-1-2-10(11)3-8/h8-11H,1-7H2,(H,14,15). The minimum atomic E-state index is -0.632. The number of fused-ring (bicyclic) bond motifs is 2. The number of hydrogen-bond donors (Lipinski definition) is 1. The average molecular weight is 209 g/mol. The van der Waals surface area contributed by atoms with Gasteiger partial charge in [0.25, 0.3) is 0 Å². The Morgan fingerprint density at radius 2 is 2.07 bits per heavy atom. The second-order valence-electron chi connectivity index (χ2n) is 5.66. The lowest BCUT2D eigenvalue weighted by atomic mass is 9.87. The van der Waals surface area contributed by atoms with Gasteiger partial charge < -0.3 is 5.11 Å². The maximum atomic E-state index is 10.5. The second kappa shape index (κ2) is 3.48. The van der Waals surface area contributed by atoms with Crippen LogP contribution in [0.5, 0.6) is 0 Å². The molecule has 3 fully saturated rings. The van der Waals surface area contributed by atoms with Crippen LogP contribution in [-0.2, 0) is 4.79 Å². The Balaban J connectivity index is 1.49. The summed E-state index contributed by atoms with van der Waals surface area (Å²) < 4.78 is 0. The lowest BCUT2D eigenvalue weighted by molar-refractivity contribution is -0.140. The van der Waals surface area contributed by atoms with Crippen LogP contribution in [0.2, 0.25) is 0 Å². The number of aliphatic carboxylic acids is 1. The smallest absolute Gasteiger partial charge is 0.303 e. The van der Waals surface area contributed by atoms with E-state index in [9.17, 15) is 4.79 Å². The first-order valence-corrected chi connectivity index (χ1v) is 6.18. The Hall–Kier alpha value is -0.570. The first-order chi connectivity index (χ1) is 7.22. The molecule has 84 valence electrons.